The largest absolute Gasteiger partial charge is 0.255 e. The van der Waals surface area contributed by atoms with Crippen LogP contribution in [0.2, 0.25) is 0 Å². The average molecular weight is 641 g/mol. The number of unbranched alkanes of at least 4 members (excludes halogenated alkanes) is 6. The molecule has 2 nitrogen and oxygen atoms in total. The number of fused-ring (bicyclic) bond motifs is 2. The Morgan fingerprint density at radius 1 is 0.522 bits per heavy atom. The van der Waals surface area contributed by atoms with E-state index >= 15 is 0 Å². The molecular formula is C42H44N2S2. The third-order valence-electron chi connectivity index (χ3n) is 8.65. The molecule has 0 radical (unpaired) electrons. The molecule has 2 aromatic carbocycles. The van der Waals surface area contributed by atoms with Crippen molar-refractivity contribution in [2.45, 2.75) is 78.1 Å². The number of pyridine rings is 2. The molecule has 6 rings (SSSR count). The van der Waals surface area contributed by atoms with Crippen LogP contribution < -0.4 is 0 Å². The van der Waals surface area contributed by atoms with E-state index in [0.29, 0.717) is 0 Å². The monoisotopic (exact) mass is 640 g/mol. The maximum absolute atomic E-state index is 4.72. The first kappa shape index (κ1) is 32.1. The molecule has 6 aromatic rings. The number of hydrogen-bond donors (Lipinski definition) is 0. The van der Waals surface area contributed by atoms with Crippen LogP contribution >= 0.6 is 22.7 Å². The standard InChI is InChI=1S/C42H44N2S2/c1-3-5-7-9-17-41-35(33-15-11-13-19-39(33)45-41)23-21-31-25-27-43-37(29-31)38-30-32(26-28-44-38)22-24-36-34-16-12-14-20-40(34)46-42(36)18-10-8-6-4-2/h11-16,19-30H,3-10,17-18H2,1-2H3/b23-21+,24-22?. The second-order valence-corrected chi connectivity index (χ2v) is 14.4. The Morgan fingerprint density at radius 3 is 1.43 bits per heavy atom. The van der Waals surface area contributed by atoms with Gasteiger partial charge in [0.25, 0.3) is 0 Å². The van der Waals surface area contributed by atoms with Crippen molar-refractivity contribution in [2.75, 3.05) is 0 Å². The Balaban J connectivity index is 1.23. The maximum Gasteiger partial charge on any atom is 0.0892 e. The number of aromatic nitrogens is 2. The SMILES string of the molecule is CCCCCCc1sc2ccccc2c1C=Cc1ccnc(-c2cc(/C=C/c3c(CCCCCC)sc4ccccc34)ccn2)c1. The zero-order chi connectivity index (χ0) is 31.6. The van der Waals surface area contributed by atoms with Crippen LogP contribution in [0.3, 0.4) is 0 Å². The molecule has 0 saturated heterocycles. The summed E-state index contributed by atoms with van der Waals surface area (Å²) in [5.41, 5.74) is 6.79. The molecule has 0 bridgehead atoms. The molecule has 0 spiro atoms. The minimum atomic E-state index is 0.893. The highest BCUT2D eigenvalue weighted by molar-refractivity contribution is 7.19. The topological polar surface area (TPSA) is 25.8 Å². The number of hydrogen-bond acceptors (Lipinski definition) is 4. The third-order valence-corrected chi connectivity index (χ3v) is 11.1. The first-order valence-corrected chi connectivity index (χ1v) is 18.7. The van der Waals surface area contributed by atoms with E-state index in [1.165, 1.54) is 92.4 Å². The van der Waals surface area contributed by atoms with Gasteiger partial charge in [-0.3, -0.25) is 9.97 Å². The number of nitrogens with zero attached hydrogens (tertiary/aromatic N) is 2. The lowest BCUT2D eigenvalue weighted by atomic mass is 10.0. The molecule has 234 valence electrons. The van der Waals surface area contributed by atoms with Crippen LogP contribution in [0, 0.1) is 0 Å². The van der Waals surface area contributed by atoms with Gasteiger partial charge in [0.15, 0.2) is 0 Å². The highest BCUT2D eigenvalue weighted by Gasteiger charge is 2.11. The van der Waals surface area contributed by atoms with Crippen LogP contribution in [-0.4, -0.2) is 9.97 Å². The van der Waals surface area contributed by atoms with Crippen LogP contribution in [0.5, 0.6) is 0 Å². The zero-order valence-corrected chi connectivity index (χ0v) is 28.8. The second-order valence-electron chi connectivity index (χ2n) is 12.1. The van der Waals surface area contributed by atoms with Crippen LogP contribution in [0.15, 0.2) is 85.2 Å². The van der Waals surface area contributed by atoms with E-state index in [1.54, 1.807) is 0 Å². The van der Waals surface area contributed by atoms with E-state index in [-0.39, 0.29) is 0 Å². The zero-order valence-electron chi connectivity index (χ0n) is 27.2. The summed E-state index contributed by atoms with van der Waals surface area (Å²) in [6.07, 6.45) is 25.4. The Kier molecular flexibility index (Phi) is 11.2. The van der Waals surface area contributed by atoms with E-state index in [0.717, 1.165) is 35.4 Å². The van der Waals surface area contributed by atoms with Gasteiger partial charge in [0, 0.05) is 31.5 Å². The molecule has 0 aliphatic carbocycles. The fraction of sp³-hybridized carbons (Fsp3) is 0.286. The highest BCUT2D eigenvalue weighted by Crippen LogP contribution is 2.35. The first-order chi connectivity index (χ1) is 22.7. The van der Waals surface area contributed by atoms with Gasteiger partial charge in [-0.05, 0) is 95.1 Å². The Bertz CT molecular complexity index is 1800. The van der Waals surface area contributed by atoms with E-state index in [4.69, 9.17) is 9.97 Å². The van der Waals surface area contributed by atoms with Gasteiger partial charge in [0.2, 0.25) is 0 Å². The van der Waals surface area contributed by atoms with Crippen molar-refractivity contribution in [1.82, 2.24) is 9.97 Å². The van der Waals surface area contributed by atoms with Crippen molar-refractivity contribution < 1.29 is 0 Å². The molecule has 4 heteroatoms. The number of rotatable bonds is 15. The first-order valence-electron chi connectivity index (χ1n) is 17.0. The van der Waals surface area contributed by atoms with E-state index in [9.17, 15) is 0 Å². The summed E-state index contributed by atoms with van der Waals surface area (Å²) >= 11 is 3.90. The van der Waals surface area contributed by atoms with Gasteiger partial charge in [0.1, 0.15) is 0 Å². The smallest absolute Gasteiger partial charge is 0.0892 e. The third kappa shape index (κ3) is 7.92. The number of thiophene rings is 2. The Labute approximate surface area is 282 Å². The molecule has 0 fully saturated rings. The van der Waals surface area contributed by atoms with Crippen molar-refractivity contribution in [3.8, 4) is 11.4 Å². The molecular weight excluding hydrogens is 597 g/mol. The summed E-state index contributed by atoms with van der Waals surface area (Å²) in [5.74, 6) is 0. The molecule has 46 heavy (non-hydrogen) atoms. The fourth-order valence-electron chi connectivity index (χ4n) is 6.13. The van der Waals surface area contributed by atoms with Crippen molar-refractivity contribution in [2.24, 2.45) is 0 Å². The summed E-state index contributed by atoms with van der Waals surface area (Å²) in [6.45, 7) is 4.55. The minimum Gasteiger partial charge on any atom is -0.255 e. The molecule has 0 N–H and O–H groups in total. The highest BCUT2D eigenvalue weighted by atomic mass is 32.1. The summed E-state index contributed by atoms with van der Waals surface area (Å²) in [5, 5.41) is 2.71. The molecule has 4 heterocycles. The Hall–Kier alpha value is -3.86. The normalized spacial score (nSPS) is 12.0. The molecule has 0 atom stereocenters. The van der Waals surface area contributed by atoms with Gasteiger partial charge < -0.3 is 0 Å². The number of benzene rings is 2. The summed E-state index contributed by atoms with van der Waals surface area (Å²) in [7, 11) is 0. The second kappa shape index (κ2) is 16.1. The van der Waals surface area contributed by atoms with Crippen LogP contribution in [0.4, 0.5) is 0 Å². The van der Waals surface area contributed by atoms with Crippen molar-refractivity contribution in [3.05, 3.63) is 117 Å². The predicted octanol–water partition coefficient (Wildman–Crippen LogP) is 13.2. The molecule has 0 aliphatic heterocycles. The lowest BCUT2D eigenvalue weighted by molar-refractivity contribution is 0.670. The molecule has 0 amide bonds. The lowest BCUT2D eigenvalue weighted by Crippen LogP contribution is -1.89. The average Bonchev–Trinajstić information content (AvgIpc) is 3.64. The molecule has 0 saturated carbocycles. The quantitative estimate of drug-likeness (QED) is 0.104. The van der Waals surface area contributed by atoms with E-state index in [1.807, 2.05) is 35.1 Å². The van der Waals surface area contributed by atoms with Gasteiger partial charge in [-0.2, -0.15) is 0 Å². The lowest BCUT2D eigenvalue weighted by Gasteiger charge is -2.04. The van der Waals surface area contributed by atoms with Gasteiger partial charge >= 0.3 is 0 Å². The number of aryl methyl sites for hydroxylation is 2. The van der Waals surface area contributed by atoms with Crippen LogP contribution in [0.1, 0.15) is 97.2 Å². The van der Waals surface area contributed by atoms with Gasteiger partial charge in [-0.15, -0.1) is 22.7 Å². The van der Waals surface area contributed by atoms with Crippen LogP contribution in [-0.2, 0) is 12.8 Å². The van der Waals surface area contributed by atoms with Gasteiger partial charge in [-0.25, -0.2) is 0 Å². The molecule has 0 unspecified atom stereocenters. The fourth-order valence-corrected chi connectivity index (χ4v) is 8.60. The van der Waals surface area contributed by atoms with Crippen molar-refractivity contribution in [1.29, 1.82) is 0 Å². The van der Waals surface area contributed by atoms with Crippen molar-refractivity contribution in [3.63, 3.8) is 0 Å². The summed E-state index contributed by atoms with van der Waals surface area (Å²) in [6, 6.07) is 26.1. The predicted molar refractivity (Wildman–Crippen MR) is 205 cm³/mol. The van der Waals surface area contributed by atoms with Crippen LogP contribution in [0.25, 0.3) is 55.9 Å². The summed E-state index contributed by atoms with van der Waals surface area (Å²) in [4.78, 5) is 12.4. The maximum atomic E-state index is 4.72. The van der Waals surface area contributed by atoms with Gasteiger partial charge in [-0.1, -0.05) is 113 Å². The minimum absolute atomic E-state index is 0.893. The molecule has 0 aliphatic rings. The van der Waals surface area contributed by atoms with E-state index < -0.39 is 0 Å². The molecule has 4 aromatic heterocycles. The van der Waals surface area contributed by atoms with Gasteiger partial charge in [0.05, 0.1) is 11.4 Å². The van der Waals surface area contributed by atoms with Crippen molar-refractivity contribution >= 4 is 67.1 Å². The Morgan fingerprint density at radius 2 is 0.978 bits per heavy atom. The van der Waals surface area contributed by atoms with E-state index in [2.05, 4.69) is 111 Å². The summed E-state index contributed by atoms with van der Waals surface area (Å²) < 4.78 is 2.74.